The van der Waals surface area contributed by atoms with Crippen molar-refractivity contribution >= 4 is 0 Å². The van der Waals surface area contributed by atoms with Crippen LogP contribution < -0.4 is 31.4 Å². The lowest BCUT2D eigenvalue weighted by atomic mass is 9.99. The lowest BCUT2D eigenvalue weighted by Crippen LogP contribution is -2.28. The monoisotopic (exact) mass is 503 g/mol. The van der Waals surface area contributed by atoms with Crippen LogP contribution in [0.5, 0.6) is 11.5 Å². The fraction of sp³-hybridized carbons (Fsp3) is 0.667. The average Bonchev–Trinajstić information content (AvgIpc) is 3.33. The van der Waals surface area contributed by atoms with E-state index in [1.165, 1.54) is 49.8 Å². The molecule has 3 rings (SSSR count). The Morgan fingerprint density at radius 2 is 1.64 bits per heavy atom. The van der Waals surface area contributed by atoms with Crippen molar-refractivity contribution in [2.75, 3.05) is 65.5 Å². The molecule has 0 fully saturated rings. The summed E-state index contributed by atoms with van der Waals surface area (Å²) >= 11 is 0. The fourth-order valence-corrected chi connectivity index (χ4v) is 4.20. The van der Waals surface area contributed by atoms with Crippen molar-refractivity contribution in [3.63, 3.8) is 0 Å². The number of nitrogens with zero attached hydrogens (tertiary/aromatic N) is 3. The van der Waals surface area contributed by atoms with Crippen molar-refractivity contribution in [3.8, 4) is 11.5 Å². The molecule has 204 valence electrons. The highest BCUT2D eigenvalue weighted by atomic mass is 16.5. The first-order chi connectivity index (χ1) is 17.6. The zero-order valence-electron chi connectivity index (χ0n) is 22.7. The quantitative estimate of drug-likeness (QED) is 0.222. The lowest BCUT2D eigenvalue weighted by molar-refractivity contribution is 0.373. The summed E-state index contributed by atoms with van der Waals surface area (Å²) in [5.41, 5.74) is 9.40. The molecule has 1 aromatic heterocycles. The maximum absolute atomic E-state index is 9.56. The van der Waals surface area contributed by atoms with E-state index >= 15 is 0 Å². The summed E-state index contributed by atoms with van der Waals surface area (Å²) in [5.74, 6) is 0.702. The molecule has 0 amide bonds. The van der Waals surface area contributed by atoms with E-state index in [0.29, 0.717) is 5.75 Å². The van der Waals surface area contributed by atoms with Gasteiger partial charge in [0, 0.05) is 20.6 Å². The zero-order valence-corrected chi connectivity index (χ0v) is 22.7. The molecule has 0 bridgehead atoms. The minimum atomic E-state index is 0.181. The molecule has 1 aromatic carbocycles. The Hall–Kier alpha value is -2.33. The largest absolute Gasteiger partial charge is 0.504 e. The third-order valence-electron chi connectivity index (χ3n) is 6.22. The number of ether oxygens (including phenoxy) is 1. The van der Waals surface area contributed by atoms with E-state index in [1.807, 2.05) is 42.2 Å². The average molecular weight is 504 g/mol. The number of aromatic hydroxyl groups is 1. The normalized spacial score (nSPS) is 12.6. The number of hydrogen-bond donors (Lipinski definition) is 5. The fourth-order valence-electron chi connectivity index (χ4n) is 4.20. The summed E-state index contributed by atoms with van der Waals surface area (Å²) in [6.07, 6.45) is 11.6. The van der Waals surface area contributed by atoms with Crippen LogP contribution in [0.15, 0.2) is 24.4 Å². The molecule has 9 nitrogen and oxygen atoms in total. The molecule has 36 heavy (non-hydrogen) atoms. The van der Waals surface area contributed by atoms with Gasteiger partial charge >= 0.3 is 0 Å². The topological polar surface area (TPSA) is 113 Å². The van der Waals surface area contributed by atoms with E-state index in [1.54, 1.807) is 13.2 Å². The Kier molecular flexibility index (Phi) is 14.9. The van der Waals surface area contributed by atoms with Gasteiger partial charge in [-0.25, -0.2) is 0 Å². The first-order valence-corrected chi connectivity index (χ1v) is 13.5. The maximum atomic E-state index is 9.56. The Morgan fingerprint density at radius 3 is 2.33 bits per heavy atom. The van der Waals surface area contributed by atoms with Gasteiger partial charge < -0.3 is 36.5 Å². The van der Waals surface area contributed by atoms with Crippen LogP contribution in [-0.2, 0) is 19.4 Å². The van der Waals surface area contributed by atoms with Crippen LogP contribution in [0.1, 0.15) is 55.3 Å². The van der Waals surface area contributed by atoms with Gasteiger partial charge in [0.2, 0.25) is 0 Å². The van der Waals surface area contributed by atoms with E-state index in [0.717, 1.165) is 64.2 Å². The second-order valence-electron chi connectivity index (χ2n) is 9.45. The molecule has 0 aliphatic heterocycles. The maximum Gasteiger partial charge on any atom is 0.160 e. The zero-order chi connectivity index (χ0) is 26.0. The van der Waals surface area contributed by atoms with Crippen molar-refractivity contribution < 1.29 is 9.84 Å². The Labute approximate surface area is 217 Å². The Bertz CT molecular complexity index is 842. The first kappa shape index (κ1) is 29.9. The molecule has 6 N–H and O–H groups in total. The van der Waals surface area contributed by atoms with Gasteiger partial charge in [0.05, 0.1) is 19.0 Å². The van der Waals surface area contributed by atoms with Crippen LogP contribution in [-0.4, -0.2) is 75.5 Å². The lowest BCUT2D eigenvalue weighted by Gasteiger charge is -2.19. The number of unbranched alkanes of at least 4 members (excludes halogenated alkanes) is 1. The molecule has 1 heterocycles. The van der Waals surface area contributed by atoms with Gasteiger partial charge in [-0.15, -0.1) is 0 Å². The predicted octanol–water partition coefficient (Wildman–Crippen LogP) is 2.15. The minimum Gasteiger partial charge on any atom is -0.504 e. The van der Waals surface area contributed by atoms with Gasteiger partial charge in [-0.05, 0) is 114 Å². The SMILES string of the molecule is CN(C)n1ncc2c1CCCC2.COc1cc(CNCCCNCCCCNCCCN)ccc1O. The third kappa shape index (κ3) is 11.2. The smallest absolute Gasteiger partial charge is 0.160 e. The molecular formula is C27H49N7O2. The van der Waals surface area contributed by atoms with E-state index in [-0.39, 0.29) is 5.75 Å². The van der Waals surface area contributed by atoms with Crippen LogP contribution in [0, 0.1) is 0 Å². The second kappa shape index (κ2) is 18.0. The number of nitrogens with one attached hydrogen (secondary N) is 3. The van der Waals surface area contributed by atoms with E-state index in [2.05, 4.69) is 21.0 Å². The Balaban J connectivity index is 0.000000313. The molecule has 1 aliphatic rings. The summed E-state index contributed by atoms with van der Waals surface area (Å²) in [6.45, 7) is 6.74. The van der Waals surface area contributed by atoms with E-state index < -0.39 is 0 Å². The summed E-state index contributed by atoms with van der Waals surface area (Å²) in [7, 11) is 5.62. The number of phenolic OH excluding ortho intramolecular Hbond substituents is 1. The van der Waals surface area contributed by atoms with Crippen molar-refractivity contribution in [3.05, 3.63) is 41.2 Å². The number of rotatable bonds is 16. The number of benzene rings is 1. The van der Waals surface area contributed by atoms with E-state index in [4.69, 9.17) is 10.5 Å². The highest BCUT2D eigenvalue weighted by Crippen LogP contribution is 2.26. The van der Waals surface area contributed by atoms with Crippen molar-refractivity contribution in [2.24, 2.45) is 5.73 Å². The molecule has 0 saturated carbocycles. The van der Waals surface area contributed by atoms with Crippen LogP contribution >= 0.6 is 0 Å². The highest BCUT2D eigenvalue weighted by Gasteiger charge is 2.15. The molecule has 0 saturated heterocycles. The number of methoxy groups -OCH3 is 1. The van der Waals surface area contributed by atoms with E-state index in [9.17, 15) is 5.11 Å². The van der Waals surface area contributed by atoms with Gasteiger partial charge in [-0.1, -0.05) is 6.07 Å². The standard InChI is InChI=1S/C18H34N4O2.C9H15N3/c1-24-18-14-16(6-7-17(18)23)15-22-13-5-12-21-10-3-2-9-20-11-4-8-19;1-11(2)12-9-6-4-3-5-8(9)7-10-12/h6-7,14,20-23H,2-5,8-13,15,19H2,1H3;7H,3-6H2,1-2H3. The molecule has 2 aromatic rings. The summed E-state index contributed by atoms with van der Waals surface area (Å²) < 4.78 is 5.11. The number of aromatic nitrogens is 2. The Morgan fingerprint density at radius 1 is 0.972 bits per heavy atom. The van der Waals surface area contributed by atoms with Gasteiger partial charge in [0.15, 0.2) is 11.5 Å². The van der Waals surface area contributed by atoms with Crippen LogP contribution in [0.4, 0.5) is 0 Å². The third-order valence-corrected chi connectivity index (χ3v) is 6.22. The molecule has 0 radical (unpaired) electrons. The second-order valence-corrected chi connectivity index (χ2v) is 9.45. The van der Waals surface area contributed by atoms with Crippen LogP contribution in [0.2, 0.25) is 0 Å². The minimum absolute atomic E-state index is 0.181. The summed E-state index contributed by atoms with van der Waals surface area (Å²) in [5, 5.41) is 26.2. The summed E-state index contributed by atoms with van der Waals surface area (Å²) in [6, 6.07) is 5.44. The molecule has 1 aliphatic carbocycles. The van der Waals surface area contributed by atoms with Gasteiger partial charge in [0.1, 0.15) is 0 Å². The van der Waals surface area contributed by atoms with Gasteiger partial charge in [-0.3, -0.25) is 0 Å². The molecule has 0 unspecified atom stereocenters. The predicted molar refractivity (Wildman–Crippen MR) is 149 cm³/mol. The van der Waals surface area contributed by atoms with Gasteiger partial charge in [-0.2, -0.15) is 9.89 Å². The number of fused-ring (bicyclic) bond motifs is 1. The van der Waals surface area contributed by atoms with Crippen molar-refractivity contribution in [1.29, 1.82) is 0 Å². The van der Waals surface area contributed by atoms with Crippen LogP contribution in [0.25, 0.3) is 0 Å². The van der Waals surface area contributed by atoms with Gasteiger partial charge in [0.25, 0.3) is 0 Å². The van der Waals surface area contributed by atoms with Crippen molar-refractivity contribution in [2.45, 2.75) is 57.9 Å². The number of nitrogens with two attached hydrogens (primary N) is 1. The molecule has 0 spiro atoms. The first-order valence-electron chi connectivity index (χ1n) is 13.5. The number of hydrogen-bond acceptors (Lipinski definition) is 8. The molecule has 9 heteroatoms. The number of phenols is 1. The molecular weight excluding hydrogens is 454 g/mol. The van der Waals surface area contributed by atoms with Crippen LogP contribution in [0.3, 0.4) is 0 Å². The molecule has 0 atom stereocenters. The van der Waals surface area contributed by atoms with Crippen molar-refractivity contribution in [1.82, 2.24) is 25.8 Å². The summed E-state index contributed by atoms with van der Waals surface area (Å²) in [4.78, 5) is 2.01. The number of aryl methyl sites for hydroxylation is 1. The highest BCUT2D eigenvalue weighted by molar-refractivity contribution is 5.41.